The van der Waals surface area contributed by atoms with E-state index >= 15 is 0 Å². The van der Waals surface area contributed by atoms with Gasteiger partial charge in [-0.2, -0.15) is 0 Å². The number of carboxylic acid groups (broad SMARTS) is 1. The molecule has 126 valence electrons. The van der Waals surface area contributed by atoms with Crippen LogP contribution in [0, 0.1) is 5.92 Å². The van der Waals surface area contributed by atoms with E-state index in [0.717, 1.165) is 10.5 Å². The Labute approximate surface area is 147 Å². The van der Waals surface area contributed by atoms with Crippen LogP contribution in [0.2, 0.25) is 0 Å². The Balaban J connectivity index is 2.22. The molecule has 3 unspecified atom stereocenters. The molecule has 0 aromatic heterocycles. The molecule has 0 aliphatic carbocycles. The molecule has 0 bridgehead atoms. The zero-order valence-corrected chi connectivity index (χ0v) is 14.9. The Morgan fingerprint density at radius 2 is 1.67 bits per heavy atom. The Hall–Kier alpha value is -1.68. The molecule has 4 nitrogen and oxygen atoms in total. The van der Waals surface area contributed by atoms with Gasteiger partial charge in [0.1, 0.15) is 0 Å². The first-order chi connectivity index (χ1) is 11.6. The molecule has 0 radical (unpaired) electrons. The summed E-state index contributed by atoms with van der Waals surface area (Å²) in [6.07, 6.45) is 0.142. The van der Waals surface area contributed by atoms with E-state index in [1.54, 1.807) is 0 Å². The third-order valence-electron chi connectivity index (χ3n) is 3.91. The molecule has 2 aromatic carbocycles. The van der Waals surface area contributed by atoms with Gasteiger partial charge < -0.3 is 10.2 Å². The van der Waals surface area contributed by atoms with Crippen LogP contribution in [-0.2, 0) is 15.8 Å². The zero-order chi connectivity index (χ0) is 17.4. The minimum Gasteiger partial charge on any atom is -0.479 e. The van der Waals surface area contributed by atoms with Crippen molar-refractivity contribution in [1.29, 1.82) is 0 Å². The van der Waals surface area contributed by atoms with E-state index in [1.165, 1.54) is 11.8 Å². The Morgan fingerprint density at radius 3 is 2.21 bits per heavy atom. The molecular formula is C18H20O4PS+. The summed E-state index contributed by atoms with van der Waals surface area (Å²) in [7, 11) is -0.864. The number of carboxylic acids is 1. The topological polar surface area (TPSA) is 74.6 Å². The minimum absolute atomic E-state index is 0.269. The van der Waals surface area contributed by atoms with E-state index in [9.17, 15) is 19.6 Å². The second kappa shape index (κ2) is 8.97. The lowest BCUT2D eigenvalue weighted by Crippen LogP contribution is -2.49. The minimum atomic E-state index is -2.00. The van der Waals surface area contributed by atoms with Gasteiger partial charge in [0.15, 0.2) is 6.16 Å². The second-order valence-corrected chi connectivity index (χ2v) is 7.30. The summed E-state index contributed by atoms with van der Waals surface area (Å²) in [6.45, 7) is 0. The summed E-state index contributed by atoms with van der Waals surface area (Å²) in [5.74, 6) is -1.45. The van der Waals surface area contributed by atoms with Gasteiger partial charge in [0.2, 0.25) is 5.60 Å². The maximum absolute atomic E-state index is 11.7. The van der Waals surface area contributed by atoms with Crippen molar-refractivity contribution in [3.63, 3.8) is 0 Å². The first-order valence-corrected chi connectivity index (χ1v) is 9.69. The second-order valence-electron chi connectivity index (χ2n) is 5.56. The predicted molar refractivity (Wildman–Crippen MR) is 97.3 cm³/mol. The Morgan fingerprint density at radius 1 is 1.08 bits per heavy atom. The SMILES string of the molecule is O=[PH+]CC(O)(C(=O)O)C(CSc1ccccc1)Cc1ccccc1. The molecule has 2 rings (SSSR count). The van der Waals surface area contributed by atoms with Crippen LogP contribution in [0.15, 0.2) is 65.6 Å². The van der Waals surface area contributed by atoms with Gasteiger partial charge in [-0.3, -0.25) is 0 Å². The highest BCUT2D eigenvalue weighted by molar-refractivity contribution is 7.99. The summed E-state index contributed by atoms with van der Waals surface area (Å²) in [5.41, 5.74) is -1.05. The normalized spacial score (nSPS) is 14.9. The van der Waals surface area contributed by atoms with Crippen LogP contribution in [0.1, 0.15) is 5.56 Å². The van der Waals surface area contributed by atoms with Gasteiger partial charge in [-0.25, -0.2) is 4.79 Å². The van der Waals surface area contributed by atoms with Gasteiger partial charge in [0.25, 0.3) is 0 Å². The molecule has 3 atom stereocenters. The fourth-order valence-electron chi connectivity index (χ4n) is 2.48. The molecule has 24 heavy (non-hydrogen) atoms. The van der Waals surface area contributed by atoms with E-state index in [-0.39, 0.29) is 6.16 Å². The first-order valence-electron chi connectivity index (χ1n) is 7.59. The lowest BCUT2D eigenvalue weighted by Gasteiger charge is -2.29. The van der Waals surface area contributed by atoms with E-state index in [1.807, 2.05) is 60.7 Å². The van der Waals surface area contributed by atoms with Gasteiger partial charge in [0.05, 0.1) is 0 Å². The van der Waals surface area contributed by atoms with Crippen molar-refractivity contribution in [3.8, 4) is 0 Å². The highest BCUT2D eigenvalue weighted by Gasteiger charge is 2.47. The van der Waals surface area contributed by atoms with Crippen LogP contribution in [0.25, 0.3) is 0 Å². The van der Waals surface area contributed by atoms with Gasteiger partial charge >= 0.3 is 14.4 Å². The number of rotatable bonds is 9. The number of aliphatic carboxylic acids is 1. The van der Waals surface area contributed by atoms with Crippen molar-refractivity contribution >= 4 is 26.2 Å². The van der Waals surface area contributed by atoms with Crippen LogP contribution in [0.3, 0.4) is 0 Å². The van der Waals surface area contributed by atoms with Gasteiger partial charge in [-0.1, -0.05) is 53.1 Å². The molecule has 6 heteroatoms. The molecule has 0 amide bonds. The average Bonchev–Trinajstić information content (AvgIpc) is 2.60. The van der Waals surface area contributed by atoms with E-state index in [4.69, 9.17) is 0 Å². The van der Waals surface area contributed by atoms with Gasteiger partial charge in [-0.15, -0.1) is 11.8 Å². The van der Waals surface area contributed by atoms with Crippen molar-refractivity contribution in [2.45, 2.75) is 16.9 Å². The first kappa shape index (κ1) is 18.7. The highest BCUT2D eigenvalue weighted by Crippen LogP contribution is 2.31. The smallest absolute Gasteiger partial charge is 0.340 e. The number of thioether (sulfide) groups is 1. The third kappa shape index (κ3) is 4.91. The maximum atomic E-state index is 11.7. The fraction of sp³-hybridized carbons (Fsp3) is 0.278. The van der Waals surface area contributed by atoms with E-state index < -0.39 is 25.9 Å². The largest absolute Gasteiger partial charge is 0.479 e. The molecule has 0 aliphatic rings. The molecule has 0 fully saturated rings. The van der Waals surface area contributed by atoms with Crippen molar-refractivity contribution in [3.05, 3.63) is 66.2 Å². The standard InChI is InChI=1S/C18H19O4PS/c19-17(20)18(21,13-23-22)15(11-14-7-3-1-4-8-14)12-24-16-9-5-2-6-10-16/h1-10,15,21H,11-13H2,(H,19,20)/p+1. The van der Waals surface area contributed by atoms with Crippen molar-refractivity contribution < 1.29 is 19.6 Å². The predicted octanol–water partition coefficient (Wildman–Crippen LogP) is 3.48. The summed E-state index contributed by atoms with van der Waals surface area (Å²) < 4.78 is 11.1. The number of benzene rings is 2. The lowest BCUT2D eigenvalue weighted by atomic mass is 9.85. The number of hydrogen-bond donors (Lipinski definition) is 2. The molecular weight excluding hydrogens is 343 g/mol. The molecule has 0 aliphatic heterocycles. The fourth-order valence-corrected chi connectivity index (χ4v) is 4.28. The van der Waals surface area contributed by atoms with Crippen LogP contribution < -0.4 is 0 Å². The average molecular weight is 363 g/mol. The lowest BCUT2D eigenvalue weighted by molar-refractivity contribution is -0.160. The Kier molecular flexibility index (Phi) is 6.98. The van der Waals surface area contributed by atoms with Gasteiger partial charge in [-0.05, 0) is 24.1 Å². The molecule has 0 spiro atoms. The van der Waals surface area contributed by atoms with Crippen LogP contribution in [-0.4, -0.2) is 33.7 Å². The number of hydrogen-bond acceptors (Lipinski definition) is 4. The molecule has 2 N–H and O–H groups in total. The van der Waals surface area contributed by atoms with Gasteiger partial charge in [0, 0.05) is 16.6 Å². The van der Waals surface area contributed by atoms with E-state index in [0.29, 0.717) is 12.2 Å². The number of carbonyl (C=O) groups is 1. The summed E-state index contributed by atoms with van der Waals surface area (Å²) in [5, 5.41) is 20.2. The number of aliphatic hydroxyl groups is 1. The summed E-state index contributed by atoms with van der Waals surface area (Å²) in [6, 6.07) is 19.1. The third-order valence-corrected chi connectivity index (χ3v) is 5.76. The maximum Gasteiger partial charge on any atom is 0.340 e. The van der Waals surface area contributed by atoms with Crippen LogP contribution in [0.4, 0.5) is 0 Å². The van der Waals surface area contributed by atoms with E-state index in [2.05, 4.69) is 0 Å². The van der Waals surface area contributed by atoms with Crippen molar-refractivity contribution in [2.24, 2.45) is 5.92 Å². The van der Waals surface area contributed by atoms with Crippen LogP contribution >= 0.6 is 20.2 Å². The zero-order valence-electron chi connectivity index (χ0n) is 13.1. The molecule has 0 heterocycles. The Bertz CT molecular complexity index is 665. The molecule has 0 saturated carbocycles. The highest BCUT2D eigenvalue weighted by atomic mass is 32.2. The van der Waals surface area contributed by atoms with Crippen molar-refractivity contribution in [1.82, 2.24) is 0 Å². The summed E-state index contributed by atoms with van der Waals surface area (Å²) >= 11 is 1.50. The summed E-state index contributed by atoms with van der Waals surface area (Å²) in [4.78, 5) is 12.7. The molecule has 2 aromatic rings. The van der Waals surface area contributed by atoms with Crippen LogP contribution in [0.5, 0.6) is 0 Å². The quantitative estimate of drug-likeness (QED) is 0.527. The monoisotopic (exact) mass is 363 g/mol. The van der Waals surface area contributed by atoms with Crippen molar-refractivity contribution in [2.75, 3.05) is 11.9 Å². The molecule has 0 saturated heterocycles.